The zero-order valence-corrected chi connectivity index (χ0v) is 9.42. The molecule has 0 fully saturated rings. The minimum atomic E-state index is -4.63. The van der Waals surface area contributed by atoms with E-state index in [2.05, 4.69) is 10.0 Å². The van der Waals surface area contributed by atoms with Gasteiger partial charge in [-0.2, -0.15) is 13.2 Å². The van der Waals surface area contributed by atoms with E-state index in [1.165, 1.54) is 12.2 Å². The Morgan fingerprint density at radius 3 is 2.63 bits per heavy atom. The quantitative estimate of drug-likeness (QED) is 0.514. The summed E-state index contributed by atoms with van der Waals surface area (Å²) < 4.78 is 37.7. The van der Waals surface area contributed by atoms with Crippen LogP contribution in [0.25, 0.3) is 16.5 Å². The van der Waals surface area contributed by atoms with Crippen molar-refractivity contribution >= 4 is 12.0 Å². The highest BCUT2D eigenvalue weighted by Crippen LogP contribution is 2.31. The maximum atomic E-state index is 12.6. The molecule has 0 aromatic heterocycles. The molecule has 1 N–H and O–H groups in total. The van der Waals surface area contributed by atoms with E-state index in [1.807, 2.05) is 0 Å². The molecule has 0 radical (unpaired) electrons. The van der Waals surface area contributed by atoms with Crippen LogP contribution in [0, 0.1) is 0 Å². The van der Waals surface area contributed by atoms with Crippen LogP contribution >= 0.6 is 0 Å². The third-order valence-electron chi connectivity index (χ3n) is 2.09. The number of hydrogen-bond donors (Lipinski definition) is 1. The van der Waals surface area contributed by atoms with E-state index in [0.29, 0.717) is 6.07 Å². The molecule has 0 saturated heterocycles. The summed E-state index contributed by atoms with van der Waals surface area (Å²) in [5.41, 5.74) is 6.59. The highest BCUT2D eigenvalue weighted by atomic mass is 19.4. The Labute approximate surface area is 105 Å². The van der Waals surface area contributed by atoms with E-state index in [1.54, 1.807) is 0 Å². The minimum Gasteiger partial charge on any atom is -0.478 e. The molecule has 1 aromatic carbocycles. The summed E-state index contributed by atoms with van der Waals surface area (Å²) in [4.78, 5) is 13.2. The number of aromatic carboxylic acids is 1. The molecule has 19 heavy (non-hydrogen) atoms. The molecule has 100 valence electrons. The maximum Gasteiger partial charge on any atom is 0.416 e. The second-order valence-corrected chi connectivity index (χ2v) is 3.46. The highest BCUT2D eigenvalue weighted by molar-refractivity contribution is 5.88. The number of carboxylic acid groups (broad SMARTS) is 1. The van der Waals surface area contributed by atoms with Gasteiger partial charge in [0.1, 0.15) is 0 Å². The number of benzene rings is 1. The average molecular weight is 271 g/mol. The molecule has 0 amide bonds. The Bertz CT molecular complexity index is 561. The molecule has 0 aliphatic rings. The van der Waals surface area contributed by atoms with Gasteiger partial charge in [-0.25, -0.2) is 4.79 Å². The smallest absolute Gasteiger partial charge is 0.416 e. The Morgan fingerprint density at radius 1 is 1.42 bits per heavy atom. The lowest BCUT2D eigenvalue weighted by atomic mass is 10.0. The van der Waals surface area contributed by atoms with E-state index in [4.69, 9.17) is 10.6 Å². The molecule has 0 bridgehead atoms. The van der Waals surface area contributed by atoms with E-state index in [9.17, 15) is 18.0 Å². The summed E-state index contributed by atoms with van der Waals surface area (Å²) in [7, 11) is 0. The molecule has 0 aliphatic heterocycles. The fraction of sp³-hybridized carbons (Fsp3) is 0.182. The predicted octanol–water partition coefficient (Wildman–Crippen LogP) is 3.73. The number of hydrogen-bond acceptors (Lipinski definition) is 2. The summed E-state index contributed by atoms with van der Waals surface area (Å²) in [5.74, 6) is -1.45. The summed E-state index contributed by atoms with van der Waals surface area (Å²) in [6.45, 7) is -0.0326. The van der Waals surface area contributed by atoms with Crippen molar-refractivity contribution < 1.29 is 23.1 Å². The van der Waals surface area contributed by atoms with Crippen LogP contribution in [0.3, 0.4) is 0 Å². The van der Waals surface area contributed by atoms with Crippen LogP contribution in [0.15, 0.2) is 29.4 Å². The van der Waals surface area contributed by atoms with Crippen LogP contribution < -0.4 is 0 Å². The molecular formula is C11H8F3N3O2. The van der Waals surface area contributed by atoms with Crippen molar-refractivity contribution in [3.05, 3.63) is 51.4 Å². The Morgan fingerprint density at radius 2 is 2.11 bits per heavy atom. The third kappa shape index (κ3) is 4.36. The lowest BCUT2D eigenvalue weighted by Crippen LogP contribution is -2.08. The second-order valence-electron chi connectivity index (χ2n) is 3.46. The Hall–Kier alpha value is -2.47. The normalized spacial score (nSPS) is 11.3. The largest absolute Gasteiger partial charge is 0.478 e. The summed E-state index contributed by atoms with van der Waals surface area (Å²) in [6.07, 6.45) is -2.03. The molecule has 0 saturated carbocycles. The first-order chi connectivity index (χ1) is 8.84. The zero-order chi connectivity index (χ0) is 14.5. The molecule has 0 atom stereocenters. The third-order valence-corrected chi connectivity index (χ3v) is 2.09. The number of alkyl halides is 3. The van der Waals surface area contributed by atoms with E-state index < -0.39 is 23.3 Å². The van der Waals surface area contributed by atoms with E-state index >= 15 is 0 Å². The first-order valence-electron chi connectivity index (χ1n) is 4.97. The second kappa shape index (κ2) is 5.92. The van der Waals surface area contributed by atoms with Gasteiger partial charge in [-0.05, 0) is 29.3 Å². The first-order valence-corrected chi connectivity index (χ1v) is 4.97. The molecular weight excluding hydrogens is 263 g/mol. The zero-order valence-electron chi connectivity index (χ0n) is 9.42. The van der Waals surface area contributed by atoms with E-state index in [0.717, 1.165) is 12.1 Å². The number of azide groups is 1. The van der Waals surface area contributed by atoms with Crippen LogP contribution in [-0.4, -0.2) is 17.6 Å². The summed E-state index contributed by atoms with van der Waals surface area (Å²) in [6, 6.07) is 2.48. The number of halogens is 3. The van der Waals surface area contributed by atoms with Gasteiger partial charge in [-0.1, -0.05) is 17.3 Å². The van der Waals surface area contributed by atoms with Crippen LogP contribution in [-0.2, 0) is 6.18 Å². The van der Waals surface area contributed by atoms with Crippen molar-refractivity contribution in [1.82, 2.24) is 0 Å². The number of rotatable bonds is 4. The van der Waals surface area contributed by atoms with Gasteiger partial charge < -0.3 is 5.11 Å². The summed E-state index contributed by atoms with van der Waals surface area (Å²) in [5, 5.41) is 11.9. The van der Waals surface area contributed by atoms with Crippen molar-refractivity contribution in [1.29, 1.82) is 0 Å². The van der Waals surface area contributed by atoms with Gasteiger partial charge in [0.2, 0.25) is 0 Å². The minimum absolute atomic E-state index is 0.0326. The monoisotopic (exact) mass is 271 g/mol. The highest BCUT2D eigenvalue weighted by Gasteiger charge is 2.31. The first kappa shape index (κ1) is 14.6. The molecule has 1 aromatic rings. The van der Waals surface area contributed by atoms with Gasteiger partial charge in [-0.15, -0.1) is 0 Å². The molecule has 0 unspecified atom stereocenters. The standard InChI is InChI=1S/C11H8F3N3O2/c12-11(13,14)9-5-7(2-1-3-16-17-15)4-8(6-9)10(18)19/h1-2,4-6H,3H2,(H,18,19). The maximum absolute atomic E-state index is 12.6. The van der Waals surface area contributed by atoms with Crippen molar-refractivity contribution in [3.63, 3.8) is 0 Å². The molecule has 0 spiro atoms. The predicted molar refractivity (Wildman–Crippen MR) is 61.5 cm³/mol. The van der Waals surface area contributed by atoms with Gasteiger partial charge in [-0.3, -0.25) is 0 Å². The van der Waals surface area contributed by atoms with Crippen molar-refractivity contribution in [3.8, 4) is 0 Å². The number of carbonyl (C=O) groups is 1. The van der Waals surface area contributed by atoms with Crippen molar-refractivity contribution in [2.75, 3.05) is 6.54 Å². The lowest BCUT2D eigenvalue weighted by Gasteiger charge is -2.08. The number of carboxylic acids is 1. The Balaban J connectivity index is 3.17. The molecule has 8 heteroatoms. The van der Waals surface area contributed by atoms with Gasteiger partial charge in [0.25, 0.3) is 0 Å². The fourth-order valence-corrected chi connectivity index (χ4v) is 1.31. The van der Waals surface area contributed by atoms with Crippen LogP contribution in [0.2, 0.25) is 0 Å². The van der Waals surface area contributed by atoms with Gasteiger partial charge in [0.15, 0.2) is 0 Å². The Kier molecular flexibility index (Phi) is 4.55. The van der Waals surface area contributed by atoms with Crippen LogP contribution in [0.5, 0.6) is 0 Å². The topological polar surface area (TPSA) is 86.1 Å². The van der Waals surface area contributed by atoms with Crippen molar-refractivity contribution in [2.24, 2.45) is 5.11 Å². The fourth-order valence-electron chi connectivity index (χ4n) is 1.31. The summed E-state index contributed by atoms with van der Waals surface area (Å²) >= 11 is 0. The molecule has 1 rings (SSSR count). The van der Waals surface area contributed by atoms with Crippen molar-refractivity contribution in [2.45, 2.75) is 6.18 Å². The molecule has 0 aliphatic carbocycles. The van der Waals surface area contributed by atoms with Gasteiger partial charge >= 0.3 is 12.1 Å². The molecule has 5 nitrogen and oxygen atoms in total. The lowest BCUT2D eigenvalue weighted by molar-refractivity contribution is -0.137. The van der Waals surface area contributed by atoms with Gasteiger partial charge in [0.05, 0.1) is 11.1 Å². The average Bonchev–Trinajstić information content (AvgIpc) is 2.33. The SMILES string of the molecule is [N-]=[N+]=NCC=Cc1cc(C(=O)O)cc(C(F)(F)F)c1. The van der Waals surface area contributed by atoms with E-state index in [-0.39, 0.29) is 12.1 Å². The number of nitrogens with zero attached hydrogens (tertiary/aromatic N) is 3. The van der Waals surface area contributed by atoms with Crippen LogP contribution in [0.4, 0.5) is 13.2 Å². The van der Waals surface area contributed by atoms with Crippen LogP contribution in [0.1, 0.15) is 21.5 Å². The van der Waals surface area contributed by atoms with Gasteiger partial charge in [0, 0.05) is 11.5 Å². The molecule has 0 heterocycles.